The van der Waals surface area contributed by atoms with E-state index in [4.69, 9.17) is 4.52 Å². The summed E-state index contributed by atoms with van der Waals surface area (Å²) < 4.78 is 5.19. The summed E-state index contributed by atoms with van der Waals surface area (Å²) in [7, 11) is 0. The van der Waals surface area contributed by atoms with Gasteiger partial charge in [0.15, 0.2) is 5.82 Å². The molecule has 0 aliphatic carbocycles. The lowest BCUT2D eigenvalue weighted by Gasteiger charge is -2.17. The predicted octanol–water partition coefficient (Wildman–Crippen LogP) is 2.30. The lowest BCUT2D eigenvalue weighted by molar-refractivity contribution is 0.364. The van der Waals surface area contributed by atoms with Crippen LogP contribution in [0, 0.1) is 0 Å². The molecule has 1 aromatic heterocycles. The monoisotopic (exact) mass is 239 g/mol. The van der Waals surface area contributed by atoms with Crippen LogP contribution in [0.25, 0.3) is 0 Å². The maximum atomic E-state index is 5.19. The molecule has 1 atom stereocenters. The van der Waals surface area contributed by atoms with Crippen molar-refractivity contribution >= 4 is 11.8 Å². The molecule has 1 fully saturated rings. The molecule has 5 heteroatoms. The van der Waals surface area contributed by atoms with Gasteiger partial charge in [0.1, 0.15) is 0 Å². The van der Waals surface area contributed by atoms with Crippen molar-refractivity contribution in [2.24, 2.45) is 0 Å². The molecule has 1 N–H and O–H groups in total. The van der Waals surface area contributed by atoms with Crippen LogP contribution in [0.4, 0.5) is 0 Å². The highest BCUT2D eigenvalue weighted by Gasteiger charge is 2.21. The Labute approximate surface area is 99.9 Å². The van der Waals surface area contributed by atoms with Crippen molar-refractivity contribution in [1.29, 1.82) is 0 Å². The lowest BCUT2D eigenvalue weighted by Crippen LogP contribution is -2.13. The largest absolute Gasteiger partial charge is 0.338 e. The standard InChI is InChI=1S/C11H17N3OS/c1-2-6-12-8-10-13-11(14-15-10)9-5-3-4-7-16-9/h2,9,12H,1,3-8H2. The van der Waals surface area contributed by atoms with E-state index in [0.717, 1.165) is 12.4 Å². The molecule has 88 valence electrons. The molecule has 1 saturated heterocycles. The first kappa shape index (κ1) is 11.7. The Morgan fingerprint density at radius 3 is 3.25 bits per heavy atom. The fraction of sp³-hybridized carbons (Fsp3) is 0.636. The van der Waals surface area contributed by atoms with Crippen LogP contribution in [-0.4, -0.2) is 22.4 Å². The zero-order valence-corrected chi connectivity index (χ0v) is 10.1. The summed E-state index contributed by atoms with van der Waals surface area (Å²) in [6, 6.07) is 0. The van der Waals surface area contributed by atoms with Gasteiger partial charge in [-0.1, -0.05) is 17.7 Å². The van der Waals surface area contributed by atoms with Crippen molar-refractivity contribution in [2.45, 2.75) is 31.1 Å². The van der Waals surface area contributed by atoms with Crippen molar-refractivity contribution < 1.29 is 4.52 Å². The van der Waals surface area contributed by atoms with Crippen LogP contribution in [0.5, 0.6) is 0 Å². The average Bonchev–Trinajstić information content (AvgIpc) is 2.79. The Balaban J connectivity index is 1.88. The third kappa shape index (κ3) is 3.09. The Bertz CT molecular complexity index is 334. The highest BCUT2D eigenvalue weighted by atomic mass is 32.2. The molecule has 2 rings (SSSR count). The van der Waals surface area contributed by atoms with E-state index in [-0.39, 0.29) is 0 Å². The molecule has 1 aliphatic rings. The van der Waals surface area contributed by atoms with E-state index < -0.39 is 0 Å². The van der Waals surface area contributed by atoms with E-state index in [1.807, 2.05) is 17.8 Å². The van der Waals surface area contributed by atoms with Crippen molar-refractivity contribution in [2.75, 3.05) is 12.3 Å². The third-order valence-corrected chi connectivity index (χ3v) is 3.89. The van der Waals surface area contributed by atoms with Gasteiger partial charge in [0, 0.05) is 6.54 Å². The van der Waals surface area contributed by atoms with Gasteiger partial charge in [-0.2, -0.15) is 16.7 Å². The highest BCUT2D eigenvalue weighted by Crippen LogP contribution is 2.36. The second kappa shape index (κ2) is 6.06. The normalized spacial score (nSPS) is 20.9. The molecule has 1 unspecified atom stereocenters. The summed E-state index contributed by atoms with van der Waals surface area (Å²) in [5.74, 6) is 2.74. The van der Waals surface area contributed by atoms with Gasteiger partial charge in [0.2, 0.25) is 5.89 Å². The number of rotatable bonds is 5. The number of thioether (sulfide) groups is 1. The molecular formula is C11H17N3OS. The first-order chi connectivity index (χ1) is 7.90. The predicted molar refractivity (Wildman–Crippen MR) is 65.3 cm³/mol. The summed E-state index contributed by atoms with van der Waals surface area (Å²) in [6.07, 6.45) is 5.57. The van der Waals surface area contributed by atoms with Gasteiger partial charge in [0.05, 0.1) is 11.8 Å². The second-order valence-corrected chi connectivity index (χ2v) is 5.13. The van der Waals surface area contributed by atoms with Crippen LogP contribution in [0.1, 0.15) is 36.2 Å². The van der Waals surface area contributed by atoms with Gasteiger partial charge in [-0.3, -0.25) is 0 Å². The van der Waals surface area contributed by atoms with E-state index in [1.54, 1.807) is 0 Å². The molecular weight excluding hydrogens is 222 g/mol. The van der Waals surface area contributed by atoms with Crippen LogP contribution < -0.4 is 5.32 Å². The maximum Gasteiger partial charge on any atom is 0.240 e. The van der Waals surface area contributed by atoms with Crippen molar-refractivity contribution in [3.8, 4) is 0 Å². The Kier molecular flexibility index (Phi) is 4.42. The second-order valence-electron chi connectivity index (χ2n) is 3.82. The summed E-state index contributed by atoms with van der Waals surface area (Å²) in [4.78, 5) is 4.41. The van der Waals surface area contributed by atoms with E-state index in [9.17, 15) is 0 Å². The lowest BCUT2D eigenvalue weighted by atomic mass is 10.2. The first-order valence-electron chi connectivity index (χ1n) is 5.66. The minimum atomic E-state index is 0.436. The van der Waals surface area contributed by atoms with Gasteiger partial charge >= 0.3 is 0 Å². The number of nitrogens with zero attached hydrogens (tertiary/aromatic N) is 2. The van der Waals surface area contributed by atoms with Gasteiger partial charge in [-0.05, 0) is 18.6 Å². The summed E-state index contributed by atoms with van der Waals surface area (Å²) in [5.41, 5.74) is 0. The zero-order valence-electron chi connectivity index (χ0n) is 9.32. The minimum absolute atomic E-state index is 0.436. The molecule has 1 aliphatic heterocycles. The van der Waals surface area contributed by atoms with E-state index >= 15 is 0 Å². The van der Waals surface area contributed by atoms with Crippen molar-refractivity contribution in [3.63, 3.8) is 0 Å². The topological polar surface area (TPSA) is 51.0 Å². The molecule has 0 radical (unpaired) electrons. The number of nitrogens with one attached hydrogen (secondary N) is 1. The first-order valence-corrected chi connectivity index (χ1v) is 6.70. The van der Waals surface area contributed by atoms with Gasteiger partial charge in [-0.25, -0.2) is 0 Å². The fourth-order valence-corrected chi connectivity index (χ4v) is 2.93. The highest BCUT2D eigenvalue weighted by molar-refractivity contribution is 7.99. The molecule has 2 heterocycles. The minimum Gasteiger partial charge on any atom is -0.338 e. The summed E-state index contributed by atoms with van der Waals surface area (Å²) >= 11 is 1.94. The van der Waals surface area contributed by atoms with Gasteiger partial charge in [0.25, 0.3) is 0 Å². The Morgan fingerprint density at radius 2 is 2.50 bits per heavy atom. The van der Waals surface area contributed by atoms with Crippen LogP contribution in [0.15, 0.2) is 17.2 Å². The van der Waals surface area contributed by atoms with Crippen molar-refractivity contribution in [3.05, 3.63) is 24.4 Å². The molecule has 0 saturated carbocycles. The summed E-state index contributed by atoms with van der Waals surface area (Å²) in [5, 5.41) is 7.63. The Hall–Kier alpha value is -0.810. The molecule has 1 aromatic rings. The fourth-order valence-electron chi connectivity index (χ4n) is 1.70. The number of hydrogen-bond donors (Lipinski definition) is 1. The zero-order chi connectivity index (χ0) is 11.2. The SMILES string of the molecule is C=CCNCc1nc(C2CCCCS2)no1. The van der Waals surface area contributed by atoms with Crippen LogP contribution in [-0.2, 0) is 6.54 Å². The van der Waals surface area contributed by atoms with Crippen molar-refractivity contribution in [1.82, 2.24) is 15.5 Å². The number of aromatic nitrogens is 2. The van der Waals surface area contributed by atoms with E-state index in [1.165, 1.54) is 25.0 Å². The maximum absolute atomic E-state index is 5.19. The summed E-state index contributed by atoms with van der Waals surface area (Å²) in [6.45, 7) is 5.02. The molecule has 4 nitrogen and oxygen atoms in total. The molecule has 0 bridgehead atoms. The third-order valence-electron chi connectivity index (χ3n) is 2.52. The smallest absolute Gasteiger partial charge is 0.240 e. The van der Waals surface area contributed by atoms with Gasteiger partial charge < -0.3 is 9.84 Å². The van der Waals surface area contributed by atoms with Crippen LogP contribution in [0.3, 0.4) is 0 Å². The van der Waals surface area contributed by atoms with E-state index in [2.05, 4.69) is 22.0 Å². The van der Waals surface area contributed by atoms with Gasteiger partial charge in [-0.15, -0.1) is 6.58 Å². The Morgan fingerprint density at radius 1 is 1.56 bits per heavy atom. The molecule has 0 amide bonds. The number of hydrogen-bond acceptors (Lipinski definition) is 5. The van der Waals surface area contributed by atoms with Crippen LogP contribution >= 0.6 is 11.8 Å². The average molecular weight is 239 g/mol. The van der Waals surface area contributed by atoms with E-state index in [0.29, 0.717) is 17.7 Å². The molecule has 0 aromatic carbocycles. The molecule has 0 spiro atoms. The molecule has 16 heavy (non-hydrogen) atoms. The van der Waals surface area contributed by atoms with Crippen LogP contribution in [0.2, 0.25) is 0 Å². The quantitative estimate of drug-likeness (QED) is 0.631.